The van der Waals surface area contributed by atoms with Crippen molar-refractivity contribution in [3.8, 4) is 5.75 Å². The number of hydrogen-bond donors (Lipinski definition) is 2. The summed E-state index contributed by atoms with van der Waals surface area (Å²) in [6.07, 6.45) is 1.17. The van der Waals surface area contributed by atoms with Crippen molar-refractivity contribution in [2.45, 2.75) is 24.8 Å². The molecule has 2 nitrogen and oxygen atoms in total. The van der Waals surface area contributed by atoms with E-state index in [9.17, 15) is 5.11 Å². The Morgan fingerprint density at radius 2 is 2.43 bits per heavy atom. The second-order valence-corrected chi connectivity index (χ2v) is 4.72. The molecule has 1 aliphatic heterocycles. The zero-order chi connectivity index (χ0) is 9.97. The molecule has 1 aliphatic rings. The van der Waals surface area contributed by atoms with Crippen molar-refractivity contribution in [2.24, 2.45) is 0 Å². The summed E-state index contributed by atoms with van der Waals surface area (Å²) < 4.78 is 0. The van der Waals surface area contributed by atoms with Crippen LogP contribution < -0.4 is 5.32 Å². The smallest absolute Gasteiger partial charge is 0.115 e. The molecule has 3 heteroatoms. The number of rotatable bonds is 2. The average molecular weight is 209 g/mol. The molecule has 0 aliphatic carbocycles. The largest absolute Gasteiger partial charge is 0.508 e. The van der Waals surface area contributed by atoms with Crippen molar-refractivity contribution in [3.63, 3.8) is 0 Å². The van der Waals surface area contributed by atoms with Gasteiger partial charge in [0, 0.05) is 11.8 Å². The number of phenols is 1. The average Bonchev–Trinajstić information content (AvgIpc) is 2.66. The maximum absolute atomic E-state index is 9.36. The Bertz CT molecular complexity index is 316. The predicted octanol–water partition coefficient (Wildman–Crippen LogP) is 2.51. The van der Waals surface area contributed by atoms with Crippen LogP contribution in [0.25, 0.3) is 0 Å². The first-order valence-corrected chi connectivity index (χ1v) is 6.01. The Labute approximate surface area is 88.7 Å². The lowest BCUT2D eigenvalue weighted by Gasteiger charge is -2.12. The van der Waals surface area contributed by atoms with Crippen LogP contribution in [0.5, 0.6) is 5.75 Å². The van der Waals surface area contributed by atoms with Gasteiger partial charge in [-0.3, -0.25) is 5.32 Å². The summed E-state index contributed by atoms with van der Waals surface area (Å²) in [4.78, 5) is 0. The van der Waals surface area contributed by atoms with E-state index in [4.69, 9.17) is 0 Å². The molecule has 1 aromatic rings. The molecule has 1 saturated heterocycles. The third kappa shape index (κ3) is 2.04. The number of nitrogens with one attached hydrogen (secondary N) is 1. The van der Waals surface area contributed by atoms with E-state index >= 15 is 0 Å². The summed E-state index contributed by atoms with van der Waals surface area (Å²) in [6, 6.07) is 8.12. The van der Waals surface area contributed by atoms with Gasteiger partial charge in [-0.25, -0.2) is 0 Å². The molecular weight excluding hydrogens is 194 g/mol. The van der Waals surface area contributed by atoms with Gasteiger partial charge in [0.05, 0.1) is 5.37 Å². The molecule has 1 fully saturated rings. The van der Waals surface area contributed by atoms with Crippen LogP contribution in [0, 0.1) is 0 Å². The Hall–Kier alpha value is -0.670. The van der Waals surface area contributed by atoms with Crippen molar-refractivity contribution in [1.82, 2.24) is 5.32 Å². The SMILES string of the molecule is CCC1CSC(c2cccc(O)c2)N1. The van der Waals surface area contributed by atoms with Crippen LogP contribution in [0.1, 0.15) is 24.3 Å². The Kier molecular flexibility index (Phi) is 2.99. The van der Waals surface area contributed by atoms with Crippen LogP contribution in [-0.4, -0.2) is 16.9 Å². The van der Waals surface area contributed by atoms with E-state index < -0.39 is 0 Å². The van der Waals surface area contributed by atoms with Crippen LogP contribution >= 0.6 is 11.8 Å². The van der Waals surface area contributed by atoms with Crippen LogP contribution in [0.3, 0.4) is 0 Å². The van der Waals surface area contributed by atoms with Gasteiger partial charge in [-0.2, -0.15) is 0 Å². The van der Waals surface area contributed by atoms with E-state index in [0.717, 1.165) is 5.75 Å². The minimum atomic E-state index is 0.352. The standard InChI is InChI=1S/C11H15NOS/c1-2-9-7-14-11(12-9)8-4-3-5-10(13)6-8/h3-6,9,11-13H,2,7H2,1H3. The topological polar surface area (TPSA) is 32.3 Å². The second-order valence-electron chi connectivity index (χ2n) is 3.58. The highest BCUT2D eigenvalue weighted by Crippen LogP contribution is 2.34. The molecule has 2 rings (SSSR count). The summed E-state index contributed by atoms with van der Waals surface area (Å²) in [6.45, 7) is 2.20. The number of benzene rings is 1. The molecule has 2 unspecified atom stereocenters. The van der Waals surface area contributed by atoms with Crippen molar-refractivity contribution in [1.29, 1.82) is 0 Å². The lowest BCUT2D eigenvalue weighted by molar-refractivity contribution is 0.473. The molecule has 2 N–H and O–H groups in total. The fraction of sp³-hybridized carbons (Fsp3) is 0.455. The first-order valence-electron chi connectivity index (χ1n) is 4.96. The zero-order valence-electron chi connectivity index (χ0n) is 8.23. The van der Waals surface area contributed by atoms with E-state index in [1.54, 1.807) is 6.07 Å². The van der Waals surface area contributed by atoms with Gasteiger partial charge in [0.25, 0.3) is 0 Å². The van der Waals surface area contributed by atoms with Gasteiger partial charge in [-0.15, -0.1) is 11.8 Å². The van der Waals surface area contributed by atoms with E-state index in [1.807, 2.05) is 23.9 Å². The monoisotopic (exact) mass is 209 g/mol. The van der Waals surface area contributed by atoms with Crippen molar-refractivity contribution in [2.75, 3.05) is 5.75 Å². The highest BCUT2D eigenvalue weighted by molar-refractivity contribution is 7.99. The van der Waals surface area contributed by atoms with Gasteiger partial charge < -0.3 is 5.11 Å². The van der Waals surface area contributed by atoms with Crippen molar-refractivity contribution >= 4 is 11.8 Å². The molecule has 76 valence electrons. The Morgan fingerprint density at radius 1 is 1.57 bits per heavy atom. The molecule has 2 atom stereocenters. The zero-order valence-corrected chi connectivity index (χ0v) is 9.05. The van der Waals surface area contributed by atoms with Crippen LogP contribution in [0.2, 0.25) is 0 Å². The maximum Gasteiger partial charge on any atom is 0.115 e. The predicted molar refractivity (Wildman–Crippen MR) is 60.5 cm³/mol. The maximum atomic E-state index is 9.36. The first-order chi connectivity index (χ1) is 6.79. The van der Waals surface area contributed by atoms with Gasteiger partial charge in [0.2, 0.25) is 0 Å². The Morgan fingerprint density at radius 3 is 3.07 bits per heavy atom. The van der Waals surface area contributed by atoms with Crippen molar-refractivity contribution < 1.29 is 5.11 Å². The highest BCUT2D eigenvalue weighted by Gasteiger charge is 2.23. The molecule has 1 heterocycles. The lowest BCUT2D eigenvalue weighted by atomic mass is 10.2. The third-order valence-corrected chi connectivity index (χ3v) is 3.85. The van der Waals surface area contributed by atoms with E-state index in [2.05, 4.69) is 18.3 Å². The fourth-order valence-corrected chi connectivity index (χ4v) is 3.02. The number of hydrogen-bond acceptors (Lipinski definition) is 3. The van der Waals surface area contributed by atoms with Gasteiger partial charge in [0.15, 0.2) is 0 Å². The van der Waals surface area contributed by atoms with E-state index in [0.29, 0.717) is 17.2 Å². The van der Waals surface area contributed by atoms with E-state index in [-0.39, 0.29) is 0 Å². The molecular formula is C11H15NOS. The molecule has 0 saturated carbocycles. The first kappa shape index (κ1) is 9.87. The molecule has 1 aromatic carbocycles. The summed E-state index contributed by atoms with van der Waals surface area (Å²) in [5.41, 5.74) is 1.17. The quantitative estimate of drug-likeness (QED) is 0.785. The minimum absolute atomic E-state index is 0.352. The minimum Gasteiger partial charge on any atom is -0.508 e. The molecule has 14 heavy (non-hydrogen) atoms. The second kappa shape index (κ2) is 4.24. The summed E-state index contributed by atoms with van der Waals surface area (Å²) in [5, 5.41) is 13.2. The van der Waals surface area contributed by atoms with Crippen molar-refractivity contribution in [3.05, 3.63) is 29.8 Å². The molecule has 0 bridgehead atoms. The van der Waals surface area contributed by atoms with Gasteiger partial charge >= 0.3 is 0 Å². The van der Waals surface area contributed by atoms with Crippen LogP contribution in [0.4, 0.5) is 0 Å². The van der Waals surface area contributed by atoms with E-state index in [1.165, 1.54) is 12.0 Å². The van der Waals surface area contributed by atoms with Gasteiger partial charge in [0.1, 0.15) is 5.75 Å². The van der Waals surface area contributed by atoms with Crippen LogP contribution in [-0.2, 0) is 0 Å². The molecule has 0 spiro atoms. The summed E-state index contributed by atoms with van der Waals surface area (Å²) in [7, 11) is 0. The Balaban J connectivity index is 2.09. The molecule has 0 radical (unpaired) electrons. The molecule has 0 aromatic heterocycles. The lowest BCUT2D eigenvalue weighted by Crippen LogP contribution is -2.24. The summed E-state index contributed by atoms with van der Waals surface area (Å²) in [5.74, 6) is 1.52. The fourth-order valence-electron chi connectivity index (χ4n) is 1.64. The van der Waals surface area contributed by atoms with Gasteiger partial charge in [-0.05, 0) is 24.1 Å². The number of phenolic OH excluding ortho intramolecular Hbond substituents is 1. The molecule has 0 amide bonds. The number of aromatic hydroxyl groups is 1. The van der Waals surface area contributed by atoms with Gasteiger partial charge in [-0.1, -0.05) is 19.1 Å². The number of thioether (sulfide) groups is 1. The third-order valence-electron chi connectivity index (χ3n) is 2.52. The normalized spacial score (nSPS) is 26.6. The summed E-state index contributed by atoms with van der Waals surface area (Å²) >= 11 is 1.91. The van der Waals surface area contributed by atoms with Crippen LogP contribution in [0.15, 0.2) is 24.3 Å². The highest BCUT2D eigenvalue weighted by atomic mass is 32.2.